The summed E-state index contributed by atoms with van der Waals surface area (Å²) in [6.45, 7) is 0. The highest BCUT2D eigenvalue weighted by molar-refractivity contribution is 5.76. The summed E-state index contributed by atoms with van der Waals surface area (Å²) in [7, 11) is 1.53. The van der Waals surface area contributed by atoms with Crippen LogP contribution in [0.1, 0.15) is 0 Å². The molecule has 3 aromatic rings. The quantitative estimate of drug-likeness (QED) is 0.719. The van der Waals surface area contributed by atoms with Crippen LogP contribution in [-0.2, 0) is 0 Å². The van der Waals surface area contributed by atoms with Gasteiger partial charge in [-0.05, 0) is 24.3 Å². The topological polar surface area (TPSA) is 64.1 Å². The predicted molar refractivity (Wildman–Crippen MR) is 76.7 cm³/mol. The molecule has 0 amide bonds. The zero-order valence-electron chi connectivity index (χ0n) is 10.8. The van der Waals surface area contributed by atoms with Crippen molar-refractivity contribution in [3.63, 3.8) is 0 Å². The molecule has 1 heterocycles. The number of benzene rings is 2. The number of H-pyrrole nitrogens is 1. The summed E-state index contributed by atoms with van der Waals surface area (Å²) in [5, 5.41) is 0. The van der Waals surface area contributed by atoms with Gasteiger partial charge in [0.25, 0.3) is 0 Å². The molecule has 0 atom stereocenters. The van der Waals surface area contributed by atoms with Gasteiger partial charge in [0.05, 0.1) is 23.8 Å². The van der Waals surface area contributed by atoms with E-state index < -0.39 is 11.1 Å². The van der Waals surface area contributed by atoms with E-state index >= 15 is 0 Å². The third-order valence-corrected chi connectivity index (χ3v) is 3.12. The summed E-state index contributed by atoms with van der Waals surface area (Å²) in [5.41, 5.74) is 0.481. The standard InChI is InChI=1S/C15H12N2O3/c1-20-13-9-5-4-8-12(13)17-11-7-3-2-6-10(11)16-14(18)15(17)19/h2-9H,1H3,(H,16,18). The van der Waals surface area contributed by atoms with Gasteiger partial charge in [-0.25, -0.2) is 0 Å². The molecule has 0 bridgehead atoms. The van der Waals surface area contributed by atoms with E-state index in [4.69, 9.17) is 4.74 Å². The number of nitrogens with zero attached hydrogens (tertiary/aromatic N) is 1. The Labute approximate surface area is 114 Å². The van der Waals surface area contributed by atoms with Gasteiger partial charge in [0, 0.05) is 0 Å². The van der Waals surface area contributed by atoms with Crippen molar-refractivity contribution in [2.45, 2.75) is 0 Å². The van der Waals surface area contributed by atoms with Crippen molar-refractivity contribution in [3.8, 4) is 11.4 Å². The minimum absolute atomic E-state index is 0.533. The summed E-state index contributed by atoms with van der Waals surface area (Å²) < 4.78 is 6.64. The average Bonchev–Trinajstić information content (AvgIpc) is 2.49. The molecule has 0 aliphatic heterocycles. The number of methoxy groups -OCH3 is 1. The number of nitrogens with one attached hydrogen (secondary N) is 1. The molecule has 2 aromatic carbocycles. The fourth-order valence-electron chi connectivity index (χ4n) is 2.21. The lowest BCUT2D eigenvalue weighted by atomic mass is 10.2. The highest BCUT2D eigenvalue weighted by Gasteiger charge is 2.12. The van der Waals surface area contributed by atoms with E-state index in [1.165, 1.54) is 11.7 Å². The maximum absolute atomic E-state index is 12.2. The van der Waals surface area contributed by atoms with Crippen LogP contribution < -0.4 is 15.9 Å². The fraction of sp³-hybridized carbons (Fsp3) is 0.0667. The molecule has 0 saturated heterocycles. The third-order valence-electron chi connectivity index (χ3n) is 3.12. The van der Waals surface area contributed by atoms with Crippen molar-refractivity contribution in [1.29, 1.82) is 0 Å². The minimum Gasteiger partial charge on any atom is -0.495 e. The monoisotopic (exact) mass is 268 g/mol. The van der Waals surface area contributed by atoms with Gasteiger partial charge in [-0.1, -0.05) is 24.3 Å². The zero-order chi connectivity index (χ0) is 14.1. The minimum atomic E-state index is -0.658. The molecule has 0 aliphatic rings. The SMILES string of the molecule is COc1ccccc1-n1c(=O)c(=O)[nH]c2ccccc21. The largest absolute Gasteiger partial charge is 0.495 e. The molecule has 0 radical (unpaired) electrons. The normalized spacial score (nSPS) is 10.7. The van der Waals surface area contributed by atoms with E-state index in [0.717, 1.165) is 0 Å². The summed E-state index contributed by atoms with van der Waals surface area (Å²) in [4.78, 5) is 26.6. The zero-order valence-corrected chi connectivity index (χ0v) is 10.8. The van der Waals surface area contributed by atoms with Crippen LogP contribution in [0.5, 0.6) is 5.75 Å². The maximum atomic E-state index is 12.2. The maximum Gasteiger partial charge on any atom is 0.321 e. The lowest BCUT2D eigenvalue weighted by Crippen LogP contribution is -2.35. The second-order valence-electron chi connectivity index (χ2n) is 4.28. The van der Waals surface area contributed by atoms with Crippen LogP contribution in [0.2, 0.25) is 0 Å². The molecule has 0 spiro atoms. The van der Waals surface area contributed by atoms with Crippen LogP contribution in [0.25, 0.3) is 16.7 Å². The summed E-state index contributed by atoms with van der Waals surface area (Å²) >= 11 is 0. The number of fused-ring (bicyclic) bond motifs is 1. The number of aromatic amines is 1. The van der Waals surface area contributed by atoms with Crippen LogP contribution in [-0.4, -0.2) is 16.7 Å². The molecule has 1 N–H and O–H groups in total. The van der Waals surface area contributed by atoms with E-state index in [1.807, 2.05) is 12.1 Å². The second kappa shape index (κ2) is 4.70. The van der Waals surface area contributed by atoms with E-state index in [2.05, 4.69) is 4.98 Å². The number of hydrogen-bond donors (Lipinski definition) is 1. The fourth-order valence-corrected chi connectivity index (χ4v) is 2.21. The Kier molecular flexibility index (Phi) is 2.87. The van der Waals surface area contributed by atoms with Crippen LogP contribution >= 0.6 is 0 Å². The van der Waals surface area contributed by atoms with Gasteiger partial charge in [-0.3, -0.25) is 14.2 Å². The van der Waals surface area contributed by atoms with Crippen molar-refractivity contribution >= 4 is 11.0 Å². The highest BCUT2D eigenvalue weighted by atomic mass is 16.5. The van der Waals surface area contributed by atoms with Crippen LogP contribution in [0.4, 0.5) is 0 Å². The smallest absolute Gasteiger partial charge is 0.321 e. The molecule has 1 aromatic heterocycles. The Bertz CT molecular complexity index is 893. The number of para-hydroxylation sites is 4. The first-order valence-corrected chi connectivity index (χ1v) is 6.10. The first-order valence-electron chi connectivity index (χ1n) is 6.10. The number of ether oxygens (including phenoxy) is 1. The first kappa shape index (κ1) is 12.2. The molecule has 100 valence electrons. The molecule has 20 heavy (non-hydrogen) atoms. The molecule has 0 unspecified atom stereocenters. The van der Waals surface area contributed by atoms with Gasteiger partial charge in [0.1, 0.15) is 5.75 Å². The number of aromatic nitrogens is 2. The van der Waals surface area contributed by atoms with Gasteiger partial charge in [-0.15, -0.1) is 0 Å². The van der Waals surface area contributed by atoms with Crippen LogP contribution in [0.3, 0.4) is 0 Å². The molecular formula is C15H12N2O3. The Balaban J connectivity index is 2.50. The van der Waals surface area contributed by atoms with Gasteiger partial charge in [-0.2, -0.15) is 0 Å². The highest BCUT2D eigenvalue weighted by Crippen LogP contribution is 2.23. The Hall–Kier alpha value is -2.82. The molecule has 5 heteroatoms. The van der Waals surface area contributed by atoms with E-state index in [-0.39, 0.29) is 0 Å². The van der Waals surface area contributed by atoms with Gasteiger partial charge in [0.15, 0.2) is 0 Å². The van der Waals surface area contributed by atoms with Crippen LogP contribution in [0.15, 0.2) is 58.1 Å². The third kappa shape index (κ3) is 1.80. The van der Waals surface area contributed by atoms with Gasteiger partial charge < -0.3 is 9.72 Å². The molecule has 0 fully saturated rings. The van der Waals surface area contributed by atoms with Crippen LogP contribution in [0, 0.1) is 0 Å². The lowest BCUT2D eigenvalue weighted by Gasteiger charge is -2.12. The number of rotatable bonds is 2. The van der Waals surface area contributed by atoms with E-state index in [0.29, 0.717) is 22.5 Å². The molecular weight excluding hydrogens is 256 g/mol. The van der Waals surface area contributed by atoms with Crippen molar-refractivity contribution < 1.29 is 4.74 Å². The molecule has 5 nitrogen and oxygen atoms in total. The lowest BCUT2D eigenvalue weighted by molar-refractivity contribution is 0.413. The first-order chi connectivity index (χ1) is 9.72. The predicted octanol–water partition coefficient (Wildman–Crippen LogP) is 1.69. The summed E-state index contributed by atoms with van der Waals surface area (Å²) in [6.07, 6.45) is 0. The van der Waals surface area contributed by atoms with Crippen molar-refractivity contribution in [3.05, 3.63) is 69.2 Å². The van der Waals surface area contributed by atoms with Crippen molar-refractivity contribution in [1.82, 2.24) is 9.55 Å². The molecule has 0 saturated carbocycles. The summed E-state index contributed by atoms with van der Waals surface area (Å²) in [5.74, 6) is 0.533. The van der Waals surface area contributed by atoms with Crippen molar-refractivity contribution in [2.24, 2.45) is 0 Å². The van der Waals surface area contributed by atoms with Crippen molar-refractivity contribution in [2.75, 3.05) is 7.11 Å². The molecule has 0 aliphatic carbocycles. The average molecular weight is 268 g/mol. The Morgan fingerprint density at radius 2 is 1.70 bits per heavy atom. The Morgan fingerprint density at radius 3 is 2.50 bits per heavy atom. The van der Waals surface area contributed by atoms with Gasteiger partial charge >= 0.3 is 11.1 Å². The van der Waals surface area contributed by atoms with Gasteiger partial charge in [0.2, 0.25) is 0 Å². The number of hydrogen-bond acceptors (Lipinski definition) is 3. The van der Waals surface area contributed by atoms with E-state index in [1.54, 1.807) is 36.4 Å². The second-order valence-corrected chi connectivity index (χ2v) is 4.28. The Morgan fingerprint density at radius 1 is 1.00 bits per heavy atom. The van der Waals surface area contributed by atoms with E-state index in [9.17, 15) is 9.59 Å². The summed E-state index contributed by atoms with van der Waals surface area (Å²) in [6, 6.07) is 14.2. The molecule has 3 rings (SSSR count).